The summed E-state index contributed by atoms with van der Waals surface area (Å²) in [6, 6.07) is 0. The summed E-state index contributed by atoms with van der Waals surface area (Å²) >= 11 is 3.29. The van der Waals surface area contributed by atoms with Gasteiger partial charge in [-0.25, -0.2) is 0 Å². The van der Waals surface area contributed by atoms with Crippen LogP contribution >= 0.6 is 15.9 Å². The van der Waals surface area contributed by atoms with Crippen LogP contribution in [0.5, 0.6) is 0 Å². The van der Waals surface area contributed by atoms with Crippen LogP contribution in [-0.2, 0) is 9.53 Å². The topological polar surface area (TPSA) is 26.3 Å². The van der Waals surface area contributed by atoms with Gasteiger partial charge in [-0.2, -0.15) is 0 Å². The molecule has 0 aliphatic heterocycles. The lowest BCUT2D eigenvalue weighted by molar-refractivity contribution is -0.143. The first-order chi connectivity index (χ1) is 4.54. The van der Waals surface area contributed by atoms with Gasteiger partial charge < -0.3 is 4.74 Å². The minimum Gasteiger partial charge on any atom is -0.468 e. The van der Waals surface area contributed by atoms with Crippen LogP contribution in [0, 0.1) is 0 Å². The highest BCUT2D eigenvalue weighted by molar-refractivity contribution is 9.10. The highest BCUT2D eigenvalue weighted by Crippen LogP contribution is 2.24. The highest BCUT2D eigenvalue weighted by atomic mass is 79.9. The van der Waals surface area contributed by atoms with E-state index in [1.54, 1.807) is 0 Å². The van der Waals surface area contributed by atoms with Crippen molar-refractivity contribution in [1.82, 2.24) is 0 Å². The van der Waals surface area contributed by atoms with Crippen molar-refractivity contribution in [3.8, 4) is 0 Å². The second-order valence-corrected chi connectivity index (χ2v) is 4.19. The maximum atomic E-state index is 11.0. The molecule has 1 unspecified atom stereocenters. The van der Waals surface area contributed by atoms with Gasteiger partial charge in [0.25, 0.3) is 0 Å². The van der Waals surface area contributed by atoms with Crippen LogP contribution in [0.3, 0.4) is 0 Å². The molecule has 3 heteroatoms. The second-order valence-electron chi connectivity index (χ2n) is 2.44. The maximum Gasteiger partial charge on any atom is 0.322 e. The Bertz CT molecular complexity index is 121. The van der Waals surface area contributed by atoms with Crippen molar-refractivity contribution in [2.75, 3.05) is 7.11 Å². The van der Waals surface area contributed by atoms with Crippen molar-refractivity contribution in [2.45, 2.75) is 31.0 Å². The Kier molecular flexibility index (Phi) is 3.94. The molecule has 0 aromatic heterocycles. The zero-order valence-corrected chi connectivity index (χ0v) is 8.19. The molecule has 0 bridgehead atoms. The van der Waals surface area contributed by atoms with E-state index in [4.69, 9.17) is 0 Å². The molecule has 0 aliphatic carbocycles. The normalized spacial score (nSPS) is 16.0. The number of esters is 1. The van der Waals surface area contributed by atoms with Gasteiger partial charge in [0.2, 0.25) is 0 Å². The Hall–Kier alpha value is -0.0500. The minimum absolute atomic E-state index is 0.200. The van der Waals surface area contributed by atoms with E-state index >= 15 is 0 Å². The fourth-order valence-electron chi connectivity index (χ4n) is 0.784. The predicted molar refractivity (Wildman–Crippen MR) is 44.3 cm³/mol. The van der Waals surface area contributed by atoms with E-state index in [1.807, 2.05) is 13.8 Å². The zero-order valence-electron chi connectivity index (χ0n) is 6.61. The van der Waals surface area contributed by atoms with Crippen LogP contribution in [-0.4, -0.2) is 17.4 Å². The SMILES string of the molecule is CCCC(C)(Br)C(=O)OC. The molecule has 0 heterocycles. The van der Waals surface area contributed by atoms with Crippen molar-refractivity contribution in [3.63, 3.8) is 0 Å². The average Bonchev–Trinajstić information content (AvgIpc) is 1.86. The second kappa shape index (κ2) is 3.96. The molecule has 0 spiro atoms. The lowest BCUT2D eigenvalue weighted by Gasteiger charge is -2.17. The smallest absolute Gasteiger partial charge is 0.322 e. The molecule has 0 saturated carbocycles. The Balaban J connectivity index is 3.96. The van der Waals surface area contributed by atoms with Gasteiger partial charge in [-0.05, 0) is 13.3 Å². The molecule has 2 nitrogen and oxygen atoms in total. The summed E-state index contributed by atoms with van der Waals surface area (Å²) in [5.41, 5.74) is 0. The number of rotatable bonds is 3. The third kappa shape index (κ3) is 2.69. The molecule has 0 amide bonds. The molecule has 0 saturated heterocycles. The zero-order chi connectivity index (χ0) is 8.20. The summed E-state index contributed by atoms with van der Waals surface area (Å²) in [5, 5.41) is 0. The molecule has 0 aromatic carbocycles. The minimum atomic E-state index is -0.490. The summed E-state index contributed by atoms with van der Waals surface area (Å²) in [4.78, 5) is 11.0. The van der Waals surface area contributed by atoms with E-state index in [0.29, 0.717) is 0 Å². The van der Waals surface area contributed by atoms with Crippen LogP contribution in [0.25, 0.3) is 0 Å². The molecule has 10 heavy (non-hydrogen) atoms. The third-order valence-corrected chi connectivity index (χ3v) is 2.05. The van der Waals surface area contributed by atoms with Gasteiger partial charge in [0.05, 0.1) is 7.11 Å². The van der Waals surface area contributed by atoms with E-state index in [9.17, 15) is 4.79 Å². The Labute approximate surface area is 70.1 Å². The predicted octanol–water partition coefficient (Wildman–Crippen LogP) is 2.11. The molecule has 0 aliphatic rings. The van der Waals surface area contributed by atoms with E-state index in [2.05, 4.69) is 20.7 Å². The van der Waals surface area contributed by atoms with Crippen LogP contribution in [0.2, 0.25) is 0 Å². The third-order valence-electron chi connectivity index (χ3n) is 1.33. The molecular formula is C7H13BrO2. The molecule has 60 valence electrons. The van der Waals surface area contributed by atoms with Gasteiger partial charge in [0, 0.05) is 0 Å². The van der Waals surface area contributed by atoms with E-state index in [1.165, 1.54) is 7.11 Å². The monoisotopic (exact) mass is 208 g/mol. The van der Waals surface area contributed by atoms with Crippen molar-refractivity contribution in [3.05, 3.63) is 0 Å². The molecular weight excluding hydrogens is 196 g/mol. The van der Waals surface area contributed by atoms with Crippen molar-refractivity contribution in [2.24, 2.45) is 0 Å². The molecule has 0 radical (unpaired) electrons. The molecule has 0 aromatic rings. The van der Waals surface area contributed by atoms with Crippen LogP contribution in [0.1, 0.15) is 26.7 Å². The van der Waals surface area contributed by atoms with E-state index < -0.39 is 4.32 Å². The Morgan fingerprint density at radius 1 is 1.70 bits per heavy atom. The number of hydrogen-bond donors (Lipinski definition) is 0. The first-order valence-electron chi connectivity index (χ1n) is 3.32. The van der Waals surface area contributed by atoms with Crippen molar-refractivity contribution < 1.29 is 9.53 Å². The summed E-state index contributed by atoms with van der Waals surface area (Å²) in [6.45, 7) is 3.85. The lowest BCUT2D eigenvalue weighted by atomic mass is 10.1. The number of hydrogen-bond acceptors (Lipinski definition) is 2. The number of alkyl halides is 1. The van der Waals surface area contributed by atoms with Crippen molar-refractivity contribution in [1.29, 1.82) is 0 Å². The van der Waals surface area contributed by atoms with Gasteiger partial charge in [-0.15, -0.1) is 0 Å². The molecule has 0 fully saturated rings. The molecule has 1 atom stereocenters. The highest BCUT2D eigenvalue weighted by Gasteiger charge is 2.29. The molecule has 0 rings (SSSR count). The first kappa shape index (κ1) is 9.95. The Morgan fingerprint density at radius 3 is 2.50 bits per heavy atom. The van der Waals surface area contributed by atoms with Crippen LogP contribution in [0.4, 0.5) is 0 Å². The number of carbonyl (C=O) groups excluding carboxylic acids is 1. The fraction of sp³-hybridized carbons (Fsp3) is 0.857. The first-order valence-corrected chi connectivity index (χ1v) is 4.11. The van der Waals surface area contributed by atoms with Gasteiger partial charge in [-0.1, -0.05) is 29.3 Å². The average molecular weight is 209 g/mol. The standard InChI is InChI=1S/C7H13BrO2/c1-4-5-7(2,8)6(9)10-3/h4-5H2,1-3H3. The number of methoxy groups -OCH3 is 1. The van der Waals surface area contributed by atoms with Crippen molar-refractivity contribution >= 4 is 21.9 Å². The van der Waals surface area contributed by atoms with Gasteiger partial charge in [0.1, 0.15) is 4.32 Å². The van der Waals surface area contributed by atoms with Gasteiger partial charge in [0.15, 0.2) is 0 Å². The summed E-state index contributed by atoms with van der Waals surface area (Å²) in [6.07, 6.45) is 1.77. The van der Waals surface area contributed by atoms with E-state index in [-0.39, 0.29) is 5.97 Å². The van der Waals surface area contributed by atoms with Gasteiger partial charge >= 0.3 is 5.97 Å². The quantitative estimate of drug-likeness (QED) is 0.525. The number of ether oxygens (including phenoxy) is 1. The van der Waals surface area contributed by atoms with Crippen LogP contribution < -0.4 is 0 Å². The summed E-state index contributed by atoms with van der Waals surface area (Å²) < 4.78 is 4.09. The van der Waals surface area contributed by atoms with Crippen LogP contribution in [0.15, 0.2) is 0 Å². The Morgan fingerprint density at radius 2 is 2.20 bits per heavy atom. The number of carbonyl (C=O) groups is 1. The summed E-state index contributed by atoms with van der Waals surface area (Å²) in [5.74, 6) is -0.200. The largest absolute Gasteiger partial charge is 0.468 e. The van der Waals surface area contributed by atoms with E-state index in [0.717, 1.165) is 12.8 Å². The summed E-state index contributed by atoms with van der Waals surface area (Å²) in [7, 11) is 1.40. The lowest BCUT2D eigenvalue weighted by Crippen LogP contribution is -2.29. The maximum absolute atomic E-state index is 11.0. The number of halogens is 1. The van der Waals surface area contributed by atoms with Gasteiger partial charge in [-0.3, -0.25) is 4.79 Å². The molecule has 0 N–H and O–H groups in total. The fourth-order valence-corrected chi connectivity index (χ4v) is 1.34.